The fourth-order valence-electron chi connectivity index (χ4n) is 2.18. The number of aryl methyl sites for hydroxylation is 2. The molecule has 1 atom stereocenters. The lowest BCUT2D eigenvalue weighted by Gasteiger charge is -2.12. The Hall–Kier alpha value is -1.73. The fraction of sp³-hybridized carbons (Fsp3) is 0.417. The Morgan fingerprint density at radius 1 is 1.47 bits per heavy atom. The first-order chi connectivity index (χ1) is 9.16. The number of rotatable bonds is 4. The van der Waals surface area contributed by atoms with E-state index in [0.29, 0.717) is 0 Å². The van der Waals surface area contributed by atoms with Gasteiger partial charge in [-0.3, -0.25) is 4.40 Å². The third-order valence-corrected chi connectivity index (χ3v) is 4.03. The highest BCUT2D eigenvalue weighted by atomic mass is 32.1. The summed E-state index contributed by atoms with van der Waals surface area (Å²) in [6.07, 6.45) is 3.78. The van der Waals surface area contributed by atoms with Crippen LogP contribution >= 0.6 is 11.3 Å². The van der Waals surface area contributed by atoms with E-state index < -0.39 is 0 Å². The molecule has 19 heavy (non-hydrogen) atoms. The molecule has 0 fully saturated rings. The normalized spacial score (nSPS) is 13.2. The van der Waals surface area contributed by atoms with Gasteiger partial charge in [-0.25, -0.2) is 4.98 Å². The van der Waals surface area contributed by atoms with Gasteiger partial charge in [-0.05, 0) is 13.8 Å². The smallest absolute Gasteiger partial charge is 0.194 e. The highest BCUT2D eigenvalue weighted by molar-refractivity contribution is 7.15. The van der Waals surface area contributed by atoms with Crippen LogP contribution in [0, 0.1) is 6.92 Å². The molecule has 3 heterocycles. The molecule has 0 radical (unpaired) electrons. The number of imidazole rings is 1. The minimum absolute atomic E-state index is 0.149. The summed E-state index contributed by atoms with van der Waals surface area (Å²) >= 11 is 1.65. The number of fused-ring (bicyclic) bond motifs is 1. The van der Waals surface area contributed by atoms with Crippen LogP contribution in [0.2, 0.25) is 0 Å². The zero-order valence-corrected chi connectivity index (χ0v) is 12.0. The number of nitrogens with one attached hydrogen (secondary N) is 1. The Balaban J connectivity index is 1.77. The molecule has 0 spiro atoms. The quantitative estimate of drug-likeness (QED) is 0.787. The molecular formula is C12H16N6S. The monoisotopic (exact) mass is 276 g/mol. The Kier molecular flexibility index (Phi) is 3.08. The second-order valence-corrected chi connectivity index (χ2v) is 5.48. The van der Waals surface area contributed by atoms with Crippen LogP contribution in [0.1, 0.15) is 30.2 Å². The zero-order chi connectivity index (χ0) is 13.4. The molecule has 0 bridgehead atoms. The predicted octanol–water partition coefficient (Wildman–Crippen LogP) is 1.68. The number of hydrogen-bond acceptors (Lipinski definition) is 5. The lowest BCUT2D eigenvalue weighted by molar-refractivity contribution is 0.521. The lowest BCUT2D eigenvalue weighted by atomic mass is 10.3. The molecule has 3 aromatic rings. The molecule has 0 saturated heterocycles. The van der Waals surface area contributed by atoms with Gasteiger partial charge in [0, 0.05) is 25.2 Å². The van der Waals surface area contributed by atoms with Crippen molar-refractivity contribution in [2.24, 2.45) is 7.05 Å². The van der Waals surface area contributed by atoms with Gasteiger partial charge in [0.25, 0.3) is 0 Å². The zero-order valence-electron chi connectivity index (χ0n) is 11.2. The van der Waals surface area contributed by atoms with E-state index in [9.17, 15) is 0 Å². The van der Waals surface area contributed by atoms with Crippen LogP contribution in [0.25, 0.3) is 4.96 Å². The summed E-state index contributed by atoms with van der Waals surface area (Å²) in [5.74, 6) is 0.934. The second kappa shape index (κ2) is 4.75. The number of hydrogen-bond donors (Lipinski definition) is 1. The average Bonchev–Trinajstić information content (AvgIpc) is 3.03. The van der Waals surface area contributed by atoms with E-state index in [4.69, 9.17) is 0 Å². The van der Waals surface area contributed by atoms with Crippen molar-refractivity contribution in [3.8, 4) is 0 Å². The van der Waals surface area contributed by atoms with E-state index in [0.717, 1.165) is 23.0 Å². The van der Waals surface area contributed by atoms with Crippen molar-refractivity contribution in [3.05, 3.63) is 35.1 Å². The van der Waals surface area contributed by atoms with Gasteiger partial charge in [-0.2, -0.15) is 0 Å². The van der Waals surface area contributed by atoms with E-state index in [2.05, 4.69) is 43.4 Å². The summed E-state index contributed by atoms with van der Waals surface area (Å²) in [5, 5.41) is 13.5. The Bertz CT molecular complexity index is 694. The molecule has 100 valence electrons. The van der Waals surface area contributed by atoms with Crippen molar-refractivity contribution in [2.75, 3.05) is 0 Å². The molecule has 1 N–H and O–H groups in total. The van der Waals surface area contributed by atoms with Crippen molar-refractivity contribution in [3.63, 3.8) is 0 Å². The summed E-state index contributed by atoms with van der Waals surface area (Å²) in [7, 11) is 1.95. The Labute approximate surface area is 115 Å². The van der Waals surface area contributed by atoms with Gasteiger partial charge in [0.2, 0.25) is 0 Å². The van der Waals surface area contributed by atoms with E-state index in [1.807, 2.05) is 18.5 Å². The van der Waals surface area contributed by atoms with Crippen molar-refractivity contribution < 1.29 is 0 Å². The molecule has 0 amide bonds. The minimum Gasteiger partial charge on any atom is -0.319 e. The van der Waals surface area contributed by atoms with E-state index in [1.54, 1.807) is 17.7 Å². The van der Waals surface area contributed by atoms with Crippen LogP contribution in [0.15, 0.2) is 17.9 Å². The molecule has 3 aromatic heterocycles. The standard InChI is InChI=1S/C12H16N6S/c1-8-10(18-4-5-19-12(18)15-8)6-13-9(2)11-16-14-7-17(11)3/h4-5,7,9,13H,6H2,1-3H3. The summed E-state index contributed by atoms with van der Waals surface area (Å²) in [5.41, 5.74) is 2.27. The number of nitrogens with zero attached hydrogens (tertiary/aromatic N) is 5. The van der Waals surface area contributed by atoms with Gasteiger partial charge in [-0.1, -0.05) is 0 Å². The van der Waals surface area contributed by atoms with Crippen molar-refractivity contribution in [2.45, 2.75) is 26.4 Å². The summed E-state index contributed by atoms with van der Waals surface area (Å²) in [6, 6.07) is 0.149. The molecule has 1 unspecified atom stereocenters. The fourth-order valence-corrected chi connectivity index (χ4v) is 2.96. The van der Waals surface area contributed by atoms with Gasteiger partial charge < -0.3 is 9.88 Å². The molecule has 0 aromatic carbocycles. The first-order valence-corrected chi connectivity index (χ1v) is 7.03. The highest BCUT2D eigenvalue weighted by Gasteiger charge is 2.14. The van der Waals surface area contributed by atoms with Crippen LogP contribution in [0.3, 0.4) is 0 Å². The van der Waals surface area contributed by atoms with Crippen LogP contribution in [0.4, 0.5) is 0 Å². The van der Waals surface area contributed by atoms with Gasteiger partial charge in [0.05, 0.1) is 17.4 Å². The summed E-state index contributed by atoms with van der Waals surface area (Å²) in [6.45, 7) is 4.90. The third-order valence-electron chi connectivity index (χ3n) is 3.27. The maximum absolute atomic E-state index is 4.54. The van der Waals surface area contributed by atoms with Crippen LogP contribution in [-0.4, -0.2) is 24.1 Å². The average molecular weight is 276 g/mol. The largest absolute Gasteiger partial charge is 0.319 e. The maximum atomic E-state index is 4.54. The van der Waals surface area contributed by atoms with Gasteiger partial charge in [-0.15, -0.1) is 21.5 Å². The molecule has 0 aliphatic heterocycles. The Morgan fingerprint density at radius 2 is 2.32 bits per heavy atom. The third kappa shape index (κ3) is 2.15. The van der Waals surface area contributed by atoms with Crippen molar-refractivity contribution in [1.29, 1.82) is 0 Å². The van der Waals surface area contributed by atoms with Crippen LogP contribution in [-0.2, 0) is 13.6 Å². The van der Waals surface area contributed by atoms with Crippen LogP contribution in [0.5, 0.6) is 0 Å². The van der Waals surface area contributed by atoms with E-state index in [1.165, 1.54) is 5.69 Å². The second-order valence-electron chi connectivity index (χ2n) is 4.60. The van der Waals surface area contributed by atoms with Gasteiger partial charge in [0.1, 0.15) is 12.2 Å². The van der Waals surface area contributed by atoms with E-state index >= 15 is 0 Å². The Morgan fingerprint density at radius 3 is 3.05 bits per heavy atom. The lowest BCUT2D eigenvalue weighted by Crippen LogP contribution is -2.22. The van der Waals surface area contributed by atoms with Crippen molar-refractivity contribution >= 4 is 16.3 Å². The molecule has 6 nitrogen and oxygen atoms in total. The first-order valence-electron chi connectivity index (χ1n) is 6.15. The van der Waals surface area contributed by atoms with Crippen molar-refractivity contribution in [1.82, 2.24) is 29.5 Å². The highest BCUT2D eigenvalue weighted by Crippen LogP contribution is 2.17. The predicted molar refractivity (Wildman–Crippen MR) is 74.1 cm³/mol. The topological polar surface area (TPSA) is 60.0 Å². The molecule has 3 rings (SSSR count). The minimum atomic E-state index is 0.149. The van der Waals surface area contributed by atoms with Gasteiger partial charge in [0.15, 0.2) is 4.96 Å². The molecule has 0 aliphatic carbocycles. The summed E-state index contributed by atoms with van der Waals surface area (Å²) < 4.78 is 4.07. The molecule has 0 aliphatic rings. The summed E-state index contributed by atoms with van der Waals surface area (Å²) in [4.78, 5) is 5.58. The van der Waals surface area contributed by atoms with Gasteiger partial charge >= 0.3 is 0 Å². The SMILES string of the molecule is Cc1nc2sccn2c1CNC(C)c1nncn1C. The molecule has 0 saturated carbocycles. The maximum Gasteiger partial charge on any atom is 0.194 e. The number of aromatic nitrogens is 5. The van der Waals surface area contributed by atoms with Crippen LogP contribution < -0.4 is 5.32 Å². The molecule has 7 heteroatoms. The number of thiazole rings is 1. The van der Waals surface area contributed by atoms with E-state index in [-0.39, 0.29) is 6.04 Å². The molecular weight excluding hydrogens is 260 g/mol. The first kappa shape index (κ1) is 12.3.